The lowest BCUT2D eigenvalue weighted by Crippen LogP contribution is -2.30. The number of hydrogen-bond donors (Lipinski definition) is 0. The van der Waals surface area contributed by atoms with Gasteiger partial charge in [0.2, 0.25) is 0 Å². The van der Waals surface area contributed by atoms with Crippen LogP contribution in [0, 0.1) is 0 Å². The molecular formula is C55H96O6. The molecule has 0 aromatic rings. The number of ether oxygens (including phenoxy) is 3. The zero-order chi connectivity index (χ0) is 44.4. The Labute approximate surface area is 377 Å². The summed E-state index contributed by atoms with van der Waals surface area (Å²) in [4.78, 5) is 37.9. The van der Waals surface area contributed by atoms with E-state index in [-0.39, 0.29) is 37.5 Å². The minimum atomic E-state index is -0.803. The van der Waals surface area contributed by atoms with Crippen molar-refractivity contribution in [1.29, 1.82) is 0 Å². The second-order valence-corrected chi connectivity index (χ2v) is 17.1. The summed E-state index contributed by atoms with van der Waals surface area (Å²) < 4.78 is 16.7. The van der Waals surface area contributed by atoms with Crippen LogP contribution in [0.25, 0.3) is 0 Å². The van der Waals surface area contributed by atoms with Crippen molar-refractivity contribution in [1.82, 2.24) is 0 Å². The van der Waals surface area contributed by atoms with Crippen molar-refractivity contribution in [2.45, 2.75) is 258 Å². The van der Waals surface area contributed by atoms with E-state index in [0.29, 0.717) is 19.3 Å². The first kappa shape index (κ1) is 58.1. The SMILES string of the molecule is CC/C=C\C/C=C\C/C=C\C/C=C\CCC(=O)OCC(COC(=O)CCCCCCC/C=C\CCCCCCCC)OC(=O)CCCCCCCCCCCCCCCCC. The maximum atomic E-state index is 12.8. The number of esters is 3. The molecule has 352 valence electrons. The molecule has 6 nitrogen and oxygen atoms in total. The lowest BCUT2D eigenvalue weighted by Gasteiger charge is -2.18. The molecule has 0 aliphatic heterocycles. The molecule has 0 spiro atoms. The van der Waals surface area contributed by atoms with Crippen LogP contribution in [0.1, 0.15) is 252 Å². The molecule has 0 aromatic heterocycles. The summed E-state index contributed by atoms with van der Waals surface area (Å²) in [7, 11) is 0. The van der Waals surface area contributed by atoms with E-state index in [0.717, 1.165) is 70.6 Å². The Morgan fingerprint density at radius 2 is 0.672 bits per heavy atom. The highest BCUT2D eigenvalue weighted by Gasteiger charge is 2.19. The minimum absolute atomic E-state index is 0.0986. The number of unbranched alkanes of at least 4 members (excludes halogenated alkanes) is 25. The van der Waals surface area contributed by atoms with E-state index in [9.17, 15) is 14.4 Å². The molecule has 1 atom stereocenters. The van der Waals surface area contributed by atoms with Gasteiger partial charge in [-0.15, -0.1) is 0 Å². The third kappa shape index (κ3) is 48.0. The van der Waals surface area contributed by atoms with Crippen LogP contribution in [0.5, 0.6) is 0 Å². The van der Waals surface area contributed by atoms with Gasteiger partial charge in [0.1, 0.15) is 13.2 Å². The van der Waals surface area contributed by atoms with Gasteiger partial charge in [-0.2, -0.15) is 0 Å². The number of allylic oxidation sites excluding steroid dienone is 10. The molecule has 0 aliphatic rings. The van der Waals surface area contributed by atoms with E-state index in [4.69, 9.17) is 14.2 Å². The molecule has 0 fully saturated rings. The van der Waals surface area contributed by atoms with E-state index in [1.54, 1.807) is 0 Å². The van der Waals surface area contributed by atoms with Crippen molar-refractivity contribution in [3.63, 3.8) is 0 Å². The minimum Gasteiger partial charge on any atom is -0.462 e. The lowest BCUT2D eigenvalue weighted by molar-refractivity contribution is -0.166. The molecular weight excluding hydrogens is 757 g/mol. The fourth-order valence-electron chi connectivity index (χ4n) is 7.16. The van der Waals surface area contributed by atoms with Gasteiger partial charge in [-0.05, 0) is 70.6 Å². The number of hydrogen-bond acceptors (Lipinski definition) is 6. The van der Waals surface area contributed by atoms with Gasteiger partial charge in [0.25, 0.3) is 0 Å². The molecule has 0 N–H and O–H groups in total. The number of carbonyl (C=O) groups excluding carboxylic acids is 3. The van der Waals surface area contributed by atoms with Gasteiger partial charge in [0, 0.05) is 19.3 Å². The molecule has 61 heavy (non-hydrogen) atoms. The average molecular weight is 853 g/mol. The van der Waals surface area contributed by atoms with Crippen LogP contribution in [0.2, 0.25) is 0 Å². The van der Waals surface area contributed by atoms with Gasteiger partial charge >= 0.3 is 17.9 Å². The standard InChI is InChI=1S/C55H96O6/c1-4-7-10-13-16-19-22-25-27-30-33-36-39-42-45-48-54(57)60-51-52(50-59-53(56)47-44-41-38-35-32-29-24-21-18-15-12-9-6-3)61-55(58)49-46-43-40-37-34-31-28-26-23-20-17-14-11-8-5-2/h9,12,18,21,25,27,29,32,38,41,52H,4-8,10-11,13-17,19-20,22-24,26,28,30-31,33-37,39-40,42-51H2,1-3H3/b12-9-,21-18-,27-25-,32-29-,41-38-. The van der Waals surface area contributed by atoms with Gasteiger partial charge in [-0.3, -0.25) is 14.4 Å². The Bertz CT molecular complexity index is 1120. The molecule has 0 heterocycles. The van der Waals surface area contributed by atoms with Gasteiger partial charge in [-0.1, -0.05) is 223 Å². The zero-order valence-corrected chi connectivity index (χ0v) is 40.2. The third-order valence-corrected chi connectivity index (χ3v) is 11.0. The Hall–Kier alpha value is -2.89. The summed E-state index contributed by atoms with van der Waals surface area (Å²) in [5, 5.41) is 0. The van der Waals surface area contributed by atoms with E-state index >= 15 is 0 Å². The smallest absolute Gasteiger partial charge is 0.306 e. The van der Waals surface area contributed by atoms with Crippen molar-refractivity contribution < 1.29 is 28.6 Å². The lowest BCUT2D eigenvalue weighted by atomic mass is 10.0. The number of carbonyl (C=O) groups is 3. The molecule has 0 saturated heterocycles. The molecule has 0 bridgehead atoms. The predicted molar refractivity (Wildman–Crippen MR) is 261 cm³/mol. The first-order valence-corrected chi connectivity index (χ1v) is 25.8. The van der Waals surface area contributed by atoms with Crippen LogP contribution in [0.4, 0.5) is 0 Å². The van der Waals surface area contributed by atoms with Crippen LogP contribution in [-0.4, -0.2) is 37.2 Å². The van der Waals surface area contributed by atoms with Crippen molar-refractivity contribution in [2.24, 2.45) is 0 Å². The Balaban J connectivity index is 4.45. The number of rotatable bonds is 46. The highest BCUT2D eigenvalue weighted by Crippen LogP contribution is 2.15. The maximum absolute atomic E-state index is 12.8. The molecule has 0 radical (unpaired) electrons. The van der Waals surface area contributed by atoms with Crippen molar-refractivity contribution in [2.75, 3.05) is 13.2 Å². The molecule has 0 aromatic carbocycles. The Morgan fingerprint density at radius 3 is 1.10 bits per heavy atom. The fraction of sp³-hybridized carbons (Fsp3) is 0.764. The first-order valence-electron chi connectivity index (χ1n) is 25.8. The van der Waals surface area contributed by atoms with E-state index in [1.807, 2.05) is 6.08 Å². The molecule has 0 aliphatic carbocycles. The molecule has 0 amide bonds. The Morgan fingerprint density at radius 1 is 0.344 bits per heavy atom. The topological polar surface area (TPSA) is 78.9 Å². The first-order chi connectivity index (χ1) is 30.0. The van der Waals surface area contributed by atoms with Crippen LogP contribution in [-0.2, 0) is 28.6 Å². The molecule has 6 heteroatoms. The van der Waals surface area contributed by atoms with Crippen molar-refractivity contribution >= 4 is 17.9 Å². The van der Waals surface area contributed by atoms with Crippen LogP contribution < -0.4 is 0 Å². The third-order valence-electron chi connectivity index (χ3n) is 11.0. The average Bonchev–Trinajstić information content (AvgIpc) is 3.26. The van der Waals surface area contributed by atoms with E-state index < -0.39 is 6.10 Å². The molecule has 0 saturated carbocycles. The summed E-state index contributed by atoms with van der Waals surface area (Å²) in [5.41, 5.74) is 0. The van der Waals surface area contributed by atoms with Crippen molar-refractivity contribution in [3.05, 3.63) is 60.8 Å². The Kier molecular flexibility index (Phi) is 47.4. The van der Waals surface area contributed by atoms with Crippen LogP contribution >= 0.6 is 0 Å². The highest BCUT2D eigenvalue weighted by atomic mass is 16.6. The van der Waals surface area contributed by atoms with Gasteiger partial charge in [-0.25, -0.2) is 0 Å². The van der Waals surface area contributed by atoms with E-state index in [2.05, 4.69) is 75.5 Å². The summed E-state index contributed by atoms with van der Waals surface area (Å²) in [6.07, 6.45) is 60.7. The summed E-state index contributed by atoms with van der Waals surface area (Å²) in [5.74, 6) is -0.985. The van der Waals surface area contributed by atoms with Gasteiger partial charge in [0.15, 0.2) is 6.10 Å². The largest absolute Gasteiger partial charge is 0.462 e. The monoisotopic (exact) mass is 853 g/mol. The second kappa shape index (κ2) is 49.8. The zero-order valence-electron chi connectivity index (χ0n) is 40.2. The van der Waals surface area contributed by atoms with Gasteiger partial charge < -0.3 is 14.2 Å². The predicted octanol–water partition coefficient (Wildman–Crippen LogP) is 16.9. The fourth-order valence-corrected chi connectivity index (χ4v) is 7.16. The van der Waals surface area contributed by atoms with Crippen molar-refractivity contribution in [3.8, 4) is 0 Å². The van der Waals surface area contributed by atoms with Crippen LogP contribution in [0.15, 0.2) is 60.8 Å². The quantitative estimate of drug-likeness (QED) is 0.0263. The van der Waals surface area contributed by atoms with E-state index in [1.165, 1.54) is 135 Å². The molecule has 1 unspecified atom stereocenters. The maximum Gasteiger partial charge on any atom is 0.306 e. The summed E-state index contributed by atoms with van der Waals surface area (Å²) in [6, 6.07) is 0. The molecule has 0 rings (SSSR count). The summed E-state index contributed by atoms with van der Waals surface area (Å²) >= 11 is 0. The van der Waals surface area contributed by atoms with Crippen LogP contribution in [0.3, 0.4) is 0 Å². The van der Waals surface area contributed by atoms with Gasteiger partial charge in [0.05, 0.1) is 0 Å². The highest BCUT2D eigenvalue weighted by molar-refractivity contribution is 5.71. The summed E-state index contributed by atoms with van der Waals surface area (Å²) in [6.45, 7) is 6.46. The second-order valence-electron chi connectivity index (χ2n) is 17.1. The normalized spacial score (nSPS) is 12.5.